The van der Waals surface area contributed by atoms with E-state index in [1.54, 1.807) is 25.1 Å². The summed E-state index contributed by atoms with van der Waals surface area (Å²) < 4.78 is 0. The fraction of sp³-hybridized carbons (Fsp3) is 0.231. The number of aliphatic hydroxyl groups is 1. The van der Waals surface area contributed by atoms with Crippen molar-refractivity contribution >= 4 is 34.5 Å². The van der Waals surface area contributed by atoms with Gasteiger partial charge in [0.05, 0.1) is 0 Å². The molecule has 0 saturated carbocycles. The summed E-state index contributed by atoms with van der Waals surface area (Å²) in [5.41, 5.74) is 0.577. The summed E-state index contributed by atoms with van der Waals surface area (Å²) >= 11 is 13.6. The van der Waals surface area contributed by atoms with Crippen molar-refractivity contribution in [2.75, 3.05) is 0 Å². The molecular formula is C13H12Cl2OS. The lowest BCUT2D eigenvalue weighted by molar-refractivity contribution is 0.106. The largest absolute Gasteiger partial charge is 0.380 e. The van der Waals surface area contributed by atoms with Gasteiger partial charge >= 0.3 is 0 Å². The second-order valence-corrected chi connectivity index (χ2v) is 5.89. The van der Waals surface area contributed by atoms with Gasteiger partial charge in [-0.15, -0.1) is 11.3 Å². The smallest absolute Gasteiger partial charge is 0.123 e. The molecule has 90 valence electrons. The van der Waals surface area contributed by atoms with E-state index in [1.807, 2.05) is 18.4 Å². The Labute approximate surface area is 115 Å². The summed E-state index contributed by atoms with van der Waals surface area (Å²) in [7, 11) is 0. The van der Waals surface area contributed by atoms with Crippen LogP contribution in [0, 0.1) is 6.92 Å². The lowest BCUT2D eigenvalue weighted by Crippen LogP contribution is -2.22. The van der Waals surface area contributed by atoms with Gasteiger partial charge in [0, 0.05) is 20.5 Å². The predicted octanol–water partition coefficient (Wildman–Crippen LogP) is 4.62. The minimum absolute atomic E-state index is 0.521. The highest BCUT2D eigenvalue weighted by Crippen LogP contribution is 2.39. The molecule has 0 saturated heterocycles. The third-order valence-electron chi connectivity index (χ3n) is 2.76. The fourth-order valence-electron chi connectivity index (χ4n) is 1.86. The number of thiophene rings is 1. The van der Waals surface area contributed by atoms with Crippen LogP contribution in [0.4, 0.5) is 0 Å². The Morgan fingerprint density at radius 1 is 1.24 bits per heavy atom. The molecule has 0 fully saturated rings. The standard InChI is InChI=1S/C13H12Cl2OS/c1-8-5-6-17-12(8)13(2,16)10-7-9(14)3-4-11(10)15/h3-7,16H,1-2H3. The normalized spacial score (nSPS) is 14.6. The van der Waals surface area contributed by atoms with E-state index in [-0.39, 0.29) is 0 Å². The molecule has 0 bridgehead atoms. The second kappa shape index (κ2) is 4.62. The average Bonchev–Trinajstić information content (AvgIpc) is 2.68. The molecule has 0 aliphatic carbocycles. The van der Waals surface area contributed by atoms with Crippen molar-refractivity contribution in [2.24, 2.45) is 0 Å². The first-order chi connectivity index (χ1) is 7.93. The number of aryl methyl sites for hydroxylation is 1. The molecule has 1 nitrogen and oxygen atoms in total. The molecule has 1 unspecified atom stereocenters. The van der Waals surface area contributed by atoms with Crippen molar-refractivity contribution < 1.29 is 5.11 Å². The molecular weight excluding hydrogens is 275 g/mol. The van der Waals surface area contributed by atoms with Crippen LogP contribution in [0.25, 0.3) is 0 Å². The van der Waals surface area contributed by atoms with Crippen LogP contribution in [0.2, 0.25) is 10.0 Å². The first-order valence-corrected chi connectivity index (χ1v) is 6.79. The summed E-state index contributed by atoms with van der Waals surface area (Å²) in [6.07, 6.45) is 0. The molecule has 1 atom stereocenters. The highest BCUT2D eigenvalue weighted by Gasteiger charge is 2.30. The molecule has 1 N–H and O–H groups in total. The number of hydrogen-bond acceptors (Lipinski definition) is 2. The molecule has 0 amide bonds. The van der Waals surface area contributed by atoms with Crippen LogP contribution in [-0.2, 0) is 5.60 Å². The lowest BCUT2D eigenvalue weighted by Gasteiger charge is -2.25. The summed E-state index contributed by atoms with van der Waals surface area (Å²) in [5.74, 6) is 0. The topological polar surface area (TPSA) is 20.2 Å². The van der Waals surface area contributed by atoms with Gasteiger partial charge < -0.3 is 5.11 Å². The zero-order chi connectivity index (χ0) is 12.6. The number of halogens is 2. The Balaban J connectivity index is 2.59. The van der Waals surface area contributed by atoms with Gasteiger partial charge in [0.1, 0.15) is 5.60 Å². The molecule has 4 heteroatoms. The van der Waals surface area contributed by atoms with Crippen molar-refractivity contribution in [1.82, 2.24) is 0 Å². The van der Waals surface area contributed by atoms with Gasteiger partial charge in [-0.25, -0.2) is 0 Å². The van der Waals surface area contributed by atoms with E-state index in [4.69, 9.17) is 23.2 Å². The molecule has 2 aromatic rings. The van der Waals surface area contributed by atoms with Crippen LogP contribution in [0.1, 0.15) is 22.9 Å². The Kier molecular flexibility index (Phi) is 3.50. The van der Waals surface area contributed by atoms with Crippen LogP contribution < -0.4 is 0 Å². The Morgan fingerprint density at radius 2 is 1.94 bits per heavy atom. The number of benzene rings is 1. The summed E-state index contributed by atoms with van der Waals surface area (Å²) in [6, 6.07) is 7.11. The van der Waals surface area contributed by atoms with Gasteiger partial charge in [0.2, 0.25) is 0 Å². The van der Waals surface area contributed by atoms with E-state index >= 15 is 0 Å². The molecule has 1 aromatic carbocycles. The number of hydrogen-bond donors (Lipinski definition) is 1. The minimum Gasteiger partial charge on any atom is -0.380 e. The van der Waals surface area contributed by atoms with E-state index in [1.165, 1.54) is 11.3 Å². The zero-order valence-electron chi connectivity index (χ0n) is 9.50. The van der Waals surface area contributed by atoms with Crippen LogP contribution in [0.5, 0.6) is 0 Å². The minimum atomic E-state index is -1.11. The molecule has 1 heterocycles. The fourth-order valence-corrected chi connectivity index (χ4v) is 3.34. The summed E-state index contributed by atoms with van der Waals surface area (Å²) in [6.45, 7) is 3.71. The molecule has 17 heavy (non-hydrogen) atoms. The average molecular weight is 287 g/mol. The Hall–Kier alpha value is -0.540. The van der Waals surface area contributed by atoms with Crippen molar-refractivity contribution in [3.63, 3.8) is 0 Å². The van der Waals surface area contributed by atoms with Crippen LogP contribution in [-0.4, -0.2) is 5.11 Å². The van der Waals surface area contributed by atoms with Crippen molar-refractivity contribution in [1.29, 1.82) is 0 Å². The van der Waals surface area contributed by atoms with E-state index in [0.717, 1.165) is 10.4 Å². The van der Waals surface area contributed by atoms with Gasteiger partial charge in [-0.3, -0.25) is 0 Å². The third-order valence-corrected chi connectivity index (χ3v) is 4.55. The second-order valence-electron chi connectivity index (χ2n) is 4.13. The number of rotatable bonds is 2. The predicted molar refractivity (Wildman–Crippen MR) is 74.2 cm³/mol. The molecule has 0 radical (unpaired) electrons. The molecule has 0 spiro atoms. The van der Waals surface area contributed by atoms with E-state index in [0.29, 0.717) is 15.6 Å². The van der Waals surface area contributed by atoms with Crippen LogP contribution in [0.3, 0.4) is 0 Å². The highest BCUT2D eigenvalue weighted by atomic mass is 35.5. The summed E-state index contributed by atoms with van der Waals surface area (Å²) in [5, 5.41) is 13.7. The van der Waals surface area contributed by atoms with E-state index < -0.39 is 5.60 Å². The monoisotopic (exact) mass is 286 g/mol. The molecule has 1 aromatic heterocycles. The van der Waals surface area contributed by atoms with Gasteiger partial charge in [0.25, 0.3) is 0 Å². The first kappa shape index (κ1) is 12.9. The van der Waals surface area contributed by atoms with Gasteiger partial charge in [-0.2, -0.15) is 0 Å². The van der Waals surface area contributed by atoms with Gasteiger partial charge in [-0.05, 0) is 49.1 Å². The molecule has 0 aliphatic heterocycles. The quantitative estimate of drug-likeness (QED) is 0.854. The van der Waals surface area contributed by atoms with Gasteiger partial charge in [-0.1, -0.05) is 23.2 Å². The Morgan fingerprint density at radius 3 is 2.53 bits per heavy atom. The molecule has 2 rings (SSSR count). The zero-order valence-corrected chi connectivity index (χ0v) is 11.8. The van der Waals surface area contributed by atoms with Crippen molar-refractivity contribution in [3.05, 3.63) is 55.7 Å². The maximum absolute atomic E-state index is 10.7. The summed E-state index contributed by atoms with van der Waals surface area (Å²) in [4.78, 5) is 0.890. The first-order valence-electron chi connectivity index (χ1n) is 5.15. The van der Waals surface area contributed by atoms with Crippen molar-refractivity contribution in [2.45, 2.75) is 19.4 Å². The maximum atomic E-state index is 10.7. The van der Waals surface area contributed by atoms with E-state index in [2.05, 4.69) is 0 Å². The van der Waals surface area contributed by atoms with Gasteiger partial charge in [0.15, 0.2) is 0 Å². The SMILES string of the molecule is Cc1ccsc1C(C)(O)c1cc(Cl)ccc1Cl. The van der Waals surface area contributed by atoms with E-state index in [9.17, 15) is 5.11 Å². The van der Waals surface area contributed by atoms with Crippen LogP contribution >= 0.6 is 34.5 Å². The third kappa shape index (κ3) is 2.36. The highest BCUT2D eigenvalue weighted by molar-refractivity contribution is 7.10. The lowest BCUT2D eigenvalue weighted by atomic mass is 9.92. The Bertz CT molecular complexity index is 546. The maximum Gasteiger partial charge on any atom is 0.123 e. The van der Waals surface area contributed by atoms with Crippen LogP contribution in [0.15, 0.2) is 29.6 Å². The van der Waals surface area contributed by atoms with Crippen molar-refractivity contribution in [3.8, 4) is 0 Å². The molecule has 0 aliphatic rings.